The molecule has 3 rings (SSSR count). The van der Waals surface area contributed by atoms with E-state index in [1.807, 2.05) is 0 Å². The normalized spacial score (nSPS) is 12.1. The van der Waals surface area contributed by atoms with Crippen LogP contribution in [0.2, 0.25) is 0 Å². The van der Waals surface area contributed by atoms with E-state index in [0.29, 0.717) is 4.90 Å². The number of carbonyl (C=O) groups is 3. The van der Waals surface area contributed by atoms with Crippen LogP contribution in [0.15, 0.2) is 53.4 Å². The molecule has 0 aliphatic heterocycles. The number of carboxylic acids is 1. The fraction of sp³-hybridized carbons (Fsp3) is 0.125. The zero-order chi connectivity index (χ0) is 28.4. The van der Waals surface area contributed by atoms with Crippen LogP contribution in [-0.2, 0) is 11.0 Å². The largest absolute Gasteiger partial charge is 0.478 e. The Labute approximate surface area is 213 Å². The average molecular weight is 560 g/mol. The van der Waals surface area contributed by atoms with Crippen molar-refractivity contribution in [1.82, 2.24) is 0 Å². The highest BCUT2D eigenvalue weighted by atomic mass is 32.2. The van der Waals surface area contributed by atoms with Gasteiger partial charge in [-0.2, -0.15) is 13.2 Å². The minimum atomic E-state index is -5.72. The second-order valence-corrected chi connectivity index (χ2v) is 9.00. The molecule has 3 aromatic carbocycles. The summed E-state index contributed by atoms with van der Waals surface area (Å²) in [5.74, 6) is -13.4. The van der Waals surface area contributed by atoms with Gasteiger partial charge >= 0.3 is 12.1 Å². The number of rotatable bonds is 7. The third-order valence-corrected chi connectivity index (χ3v) is 6.10. The minimum Gasteiger partial charge on any atom is -0.478 e. The monoisotopic (exact) mass is 560 g/mol. The molecule has 0 aliphatic carbocycles. The Kier molecular flexibility index (Phi) is 8.35. The summed E-state index contributed by atoms with van der Waals surface area (Å²) in [7, 11) is 0. The number of carboxylic acid groups (broad SMARTS) is 1. The first-order chi connectivity index (χ1) is 17.7. The summed E-state index contributed by atoms with van der Waals surface area (Å²) in [6.45, 7) is 1.26. The van der Waals surface area contributed by atoms with Crippen molar-refractivity contribution in [3.05, 3.63) is 88.5 Å². The molecule has 38 heavy (non-hydrogen) atoms. The summed E-state index contributed by atoms with van der Waals surface area (Å²) in [6.07, 6.45) is -5.72. The van der Waals surface area contributed by atoms with Gasteiger partial charge in [-0.25, -0.2) is 22.4 Å². The van der Waals surface area contributed by atoms with E-state index in [2.05, 4.69) is 5.32 Å². The Balaban J connectivity index is 1.70. The van der Waals surface area contributed by atoms with Gasteiger partial charge in [0.15, 0.2) is 23.3 Å². The number of carbonyl (C=O) groups excluding carboxylic acids is 2. The quantitative estimate of drug-likeness (QED) is 0.178. The van der Waals surface area contributed by atoms with Crippen molar-refractivity contribution in [2.75, 3.05) is 10.6 Å². The van der Waals surface area contributed by atoms with Gasteiger partial charge in [0.1, 0.15) is 11.3 Å². The third-order valence-electron chi connectivity index (χ3n) is 4.99. The van der Waals surface area contributed by atoms with Crippen LogP contribution in [0.25, 0.3) is 0 Å². The summed E-state index contributed by atoms with van der Waals surface area (Å²) in [5, 5.41) is 12.1. The van der Waals surface area contributed by atoms with Crippen LogP contribution in [0.5, 0.6) is 0 Å². The number of hydrogen-bond donors (Lipinski definition) is 3. The molecule has 6 nitrogen and oxygen atoms in total. The van der Waals surface area contributed by atoms with Gasteiger partial charge in [-0.1, -0.05) is 12.1 Å². The minimum absolute atomic E-state index is 0.0839. The van der Waals surface area contributed by atoms with Gasteiger partial charge in [-0.05, 0) is 43.3 Å². The predicted octanol–water partition coefficient (Wildman–Crippen LogP) is 6.33. The van der Waals surface area contributed by atoms with Crippen LogP contribution in [0.3, 0.4) is 0 Å². The molecule has 14 heteroatoms. The number of anilines is 2. The maximum Gasteiger partial charge on any atom is 0.422 e. The van der Waals surface area contributed by atoms with E-state index in [1.54, 1.807) is 5.32 Å². The van der Waals surface area contributed by atoms with Crippen molar-refractivity contribution < 1.29 is 50.2 Å². The lowest BCUT2D eigenvalue weighted by Gasteiger charge is -2.16. The molecule has 3 aromatic rings. The smallest absolute Gasteiger partial charge is 0.422 e. The highest BCUT2D eigenvalue weighted by molar-refractivity contribution is 8.00. The van der Waals surface area contributed by atoms with E-state index in [-0.39, 0.29) is 16.8 Å². The number of aromatic carboxylic acids is 1. The van der Waals surface area contributed by atoms with Crippen LogP contribution in [0.1, 0.15) is 33.2 Å². The van der Waals surface area contributed by atoms with Crippen LogP contribution < -0.4 is 10.6 Å². The topological polar surface area (TPSA) is 95.5 Å². The third kappa shape index (κ3) is 6.07. The molecule has 0 aromatic heterocycles. The van der Waals surface area contributed by atoms with E-state index in [0.717, 1.165) is 11.8 Å². The lowest BCUT2D eigenvalue weighted by molar-refractivity contribution is -0.143. The number of nitrogens with one attached hydrogen (secondary N) is 2. The molecular formula is C24H15F7N2O4S. The summed E-state index contributed by atoms with van der Waals surface area (Å²) >= 11 is 0.814. The van der Waals surface area contributed by atoms with Crippen LogP contribution >= 0.6 is 11.8 Å². The van der Waals surface area contributed by atoms with Gasteiger partial charge in [0.05, 0.1) is 16.4 Å². The van der Waals surface area contributed by atoms with Crippen LogP contribution in [0, 0.1) is 23.3 Å². The second-order valence-electron chi connectivity index (χ2n) is 7.58. The highest BCUT2D eigenvalue weighted by Gasteiger charge is 2.42. The first-order valence-corrected chi connectivity index (χ1v) is 11.2. The molecule has 1 unspecified atom stereocenters. The van der Waals surface area contributed by atoms with E-state index >= 15 is 0 Å². The first-order valence-electron chi connectivity index (χ1n) is 10.4. The molecule has 0 spiro atoms. The molecule has 0 saturated heterocycles. The SMILES string of the molecule is CC(Sc1ccc(NC(=O)c2ccccc2C(=O)O)cc1)C(=O)Nc1c(F)c(F)c(C(F)(F)F)c(F)c1F. The fourth-order valence-corrected chi connectivity index (χ4v) is 4.02. The van der Waals surface area contributed by atoms with Gasteiger partial charge in [0, 0.05) is 10.6 Å². The second kappa shape index (κ2) is 11.1. The van der Waals surface area contributed by atoms with Gasteiger partial charge < -0.3 is 15.7 Å². The van der Waals surface area contributed by atoms with Crippen molar-refractivity contribution >= 4 is 40.9 Å². The number of benzene rings is 3. The fourth-order valence-electron chi connectivity index (χ4n) is 3.16. The maximum atomic E-state index is 14.1. The van der Waals surface area contributed by atoms with Crippen LogP contribution in [0.4, 0.5) is 42.1 Å². The van der Waals surface area contributed by atoms with Crippen molar-refractivity contribution in [3.63, 3.8) is 0 Å². The molecule has 0 radical (unpaired) electrons. The van der Waals surface area contributed by atoms with Crippen molar-refractivity contribution in [2.45, 2.75) is 23.2 Å². The van der Waals surface area contributed by atoms with E-state index in [9.17, 15) is 50.2 Å². The van der Waals surface area contributed by atoms with Gasteiger partial charge in [0.25, 0.3) is 5.91 Å². The van der Waals surface area contributed by atoms with Gasteiger partial charge in [-0.15, -0.1) is 11.8 Å². The highest BCUT2D eigenvalue weighted by Crippen LogP contribution is 2.38. The Morgan fingerprint density at radius 1 is 0.816 bits per heavy atom. The Hall–Kier alpha value is -4.07. The van der Waals surface area contributed by atoms with E-state index in [1.165, 1.54) is 55.5 Å². The number of alkyl halides is 3. The number of halogens is 7. The summed E-state index contributed by atoms with van der Waals surface area (Å²) in [6, 6.07) is 11.2. The number of amides is 2. The maximum absolute atomic E-state index is 14.1. The molecule has 0 saturated carbocycles. The lowest BCUT2D eigenvalue weighted by Crippen LogP contribution is -2.25. The number of thioether (sulfide) groups is 1. The van der Waals surface area contributed by atoms with Gasteiger partial charge in [0.2, 0.25) is 5.91 Å². The zero-order valence-electron chi connectivity index (χ0n) is 18.9. The average Bonchev–Trinajstić information content (AvgIpc) is 2.85. The van der Waals surface area contributed by atoms with Crippen molar-refractivity contribution in [1.29, 1.82) is 0 Å². The molecule has 0 heterocycles. The molecule has 3 N–H and O–H groups in total. The Bertz CT molecular complexity index is 1380. The van der Waals surface area contributed by atoms with E-state index in [4.69, 9.17) is 0 Å². The molecule has 0 bridgehead atoms. The number of hydrogen-bond acceptors (Lipinski definition) is 4. The van der Waals surface area contributed by atoms with E-state index < -0.39 is 63.7 Å². The van der Waals surface area contributed by atoms with Gasteiger partial charge in [-0.3, -0.25) is 9.59 Å². The molecule has 200 valence electrons. The Morgan fingerprint density at radius 3 is 1.84 bits per heavy atom. The Morgan fingerprint density at radius 2 is 1.34 bits per heavy atom. The first kappa shape index (κ1) is 28.5. The molecule has 0 fully saturated rings. The summed E-state index contributed by atoms with van der Waals surface area (Å²) < 4.78 is 93.8. The molecule has 1 atom stereocenters. The zero-order valence-corrected chi connectivity index (χ0v) is 19.7. The summed E-state index contributed by atoms with van der Waals surface area (Å²) in [4.78, 5) is 36.5. The van der Waals surface area contributed by atoms with Crippen molar-refractivity contribution in [3.8, 4) is 0 Å². The lowest BCUT2D eigenvalue weighted by atomic mass is 10.1. The molecule has 2 amide bonds. The summed E-state index contributed by atoms with van der Waals surface area (Å²) in [5.41, 5.74) is -4.50. The molecular weight excluding hydrogens is 545 g/mol. The molecule has 0 aliphatic rings. The van der Waals surface area contributed by atoms with Crippen molar-refractivity contribution in [2.24, 2.45) is 0 Å². The standard InChI is InChI=1S/C24H15F7N2O4S/c1-10(21(34)33-20-18(27)16(25)15(24(29,30)31)17(26)19(20)28)38-12-8-6-11(7-9-12)32-22(35)13-4-2-3-5-14(13)23(36)37/h2-10H,1H3,(H,32,35)(H,33,34)(H,36,37). The van der Waals surface area contributed by atoms with Crippen LogP contribution in [-0.4, -0.2) is 28.1 Å². The predicted molar refractivity (Wildman–Crippen MR) is 123 cm³/mol.